The minimum atomic E-state index is -0.166. The molecule has 1 rings (SSSR count). The van der Waals surface area contributed by atoms with Gasteiger partial charge in [-0.25, -0.2) is 4.79 Å². The average Bonchev–Trinajstić information content (AvgIpc) is 2.26. The monoisotopic (exact) mass is 228 g/mol. The van der Waals surface area contributed by atoms with Crippen molar-refractivity contribution in [1.29, 1.82) is 0 Å². The number of amides is 1. The number of carbonyl (C=O) groups is 1. The van der Waals surface area contributed by atoms with E-state index in [2.05, 4.69) is 19.2 Å². The highest BCUT2D eigenvalue weighted by Crippen LogP contribution is 2.09. The lowest BCUT2D eigenvalue weighted by molar-refractivity contribution is 0.0777. The highest BCUT2D eigenvalue weighted by Gasteiger charge is 2.25. The Balaban J connectivity index is 2.38. The Bertz CT molecular complexity index is 229. The third-order valence-corrected chi connectivity index (χ3v) is 2.81. The van der Waals surface area contributed by atoms with Crippen LogP contribution in [0.25, 0.3) is 0 Å². The second-order valence-corrected chi connectivity index (χ2v) is 5.22. The molecular weight excluding hydrogens is 204 g/mol. The fraction of sp³-hybridized carbons (Fsp3) is 0.917. The van der Waals surface area contributed by atoms with E-state index in [0.29, 0.717) is 24.5 Å². The minimum absolute atomic E-state index is 0.166. The molecule has 0 aromatic rings. The standard InChI is InChI=1S/C12H24N2O2/c1-9(2)8-16-12(15)14-6-5-13-11(7-14)10(3)4/h9-11,13H,5-8H2,1-4H3. The second kappa shape index (κ2) is 6.09. The zero-order chi connectivity index (χ0) is 12.1. The summed E-state index contributed by atoms with van der Waals surface area (Å²) in [5.74, 6) is 0.938. The predicted molar refractivity (Wildman–Crippen MR) is 64.4 cm³/mol. The fourth-order valence-corrected chi connectivity index (χ4v) is 1.72. The van der Waals surface area contributed by atoms with Gasteiger partial charge in [0, 0.05) is 25.7 Å². The van der Waals surface area contributed by atoms with Gasteiger partial charge >= 0.3 is 6.09 Å². The summed E-state index contributed by atoms with van der Waals surface area (Å²) < 4.78 is 5.23. The van der Waals surface area contributed by atoms with E-state index >= 15 is 0 Å². The SMILES string of the molecule is CC(C)COC(=O)N1CCNC(C(C)C)C1. The Labute approximate surface area is 98.3 Å². The van der Waals surface area contributed by atoms with Gasteiger partial charge in [0.05, 0.1) is 6.61 Å². The Morgan fingerprint density at radius 3 is 2.69 bits per heavy atom. The van der Waals surface area contributed by atoms with Crippen LogP contribution in [-0.4, -0.2) is 43.3 Å². The second-order valence-electron chi connectivity index (χ2n) is 5.22. The molecule has 94 valence electrons. The molecule has 1 aliphatic rings. The number of hydrogen-bond acceptors (Lipinski definition) is 3. The quantitative estimate of drug-likeness (QED) is 0.799. The van der Waals surface area contributed by atoms with E-state index in [1.54, 1.807) is 0 Å². The molecule has 0 saturated carbocycles. The Morgan fingerprint density at radius 1 is 1.44 bits per heavy atom. The molecule has 16 heavy (non-hydrogen) atoms. The molecule has 4 nitrogen and oxygen atoms in total. The molecule has 1 N–H and O–H groups in total. The third kappa shape index (κ3) is 4.00. The summed E-state index contributed by atoms with van der Waals surface area (Å²) in [5.41, 5.74) is 0. The third-order valence-electron chi connectivity index (χ3n) is 2.81. The van der Waals surface area contributed by atoms with Gasteiger partial charge in [0.2, 0.25) is 0 Å². The van der Waals surface area contributed by atoms with Gasteiger partial charge < -0.3 is 15.0 Å². The Hall–Kier alpha value is -0.770. The summed E-state index contributed by atoms with van der Waals surface area (Å²) >= 11 is 0. The van der Waals surface area contributed by atoms with E-state index in [9.17, 15) is 4.79 Å². The van der Waals surface area contributed by atoms with Crippen molar-refractivity contribution in [1.82, 2.24) is 10.2 Å². The number of nitrogens with one attached hydrogen (secondary N) is 1. The van der Waals surface area contributed by atoms with Crippen molar-refractivity contribution in [2.24, 2.45) is 11.8 Å². The molecule has 1 atom stereocenters. The first kappa shape index (κ1) is 13.3. The molecule has 0 bridgehead atoms. The van der Waals surface area contributed by atoms with Crippen molar-refractivity contribution in [3.8, 4) is 0 Å². The summed E-state index contributed by atoms with van der Waals surface area (Å²) in [5, 5.41) is 3.42. The zero-order valence-electron chi connectivity index (χ0n) is 10.8. The van der Waals surface area contributed by atoms with Crippen LogP contribution in [0.4, 0.5) is 4.79 Å². The van der Waals surface area contributed by atoms with Crippen LogP contribution in [0.15, 0.2) is 0 Å². The first-order chi connectivity index (χ1) is 7.50. The van der Waals surface area contributed by atoms with E-state index in [4.69, 9.17) is 4.74 Å². The van der Waals surface area contributed by atoms with E-state index in [1.165, 1.54) is 0 Å². The molecule has 0 radical (unpaired) electrons. The Kier molecular flexibility index (Phi) is 5.06. The molecule has 1 saturated heterocycles. The van der Waals surface area contributed by atoms with Gasteiger partial charge in [-0.2, -0.15) is 0 Å². The van der Waals surface area contributed by atoms with Crippen LogP contribution in [0.2, 0.25) is 0 Å². The van der Waals surface area contributed by atoms with Crippen molar-refractivity contribution in [3.05, 3.63) is 0 Å². The fourth-order valence-electron chi connectivity index (χ4n) is 1.72. The number of piperazine rings is 1. The van der Waals surface area contributed by atoms with Crippen molar-refractivity contribution < 1.29 is 9.53 Å². The van der Waals surface area contributed by atoms with Crippen LogP contribution in [0.1, 0.15) is 27.7 Å². The molecule has 0 aromatic carbocycles. The predicted octanol–water partition coefficient (Wildman–Crippen LogP) is 1.71. The van der Waals surface area contributed by atoms with E-state index in [0.717, 1.165) is 19.6 Å². The normalized spacial score (nSPS) is 21.6. The summed E-state index contributed by atoms with van der Waals surface area (Å²) in [6.45, 7) is 11.3. The lowest BCUT2D eigenvalue weighted by Crippen LogP contribution is -2.54. The number of ether oxygens (including phenoxy) is 1. The summed E-state index contributed by atoms with van der Waals surface area (Å²) in [6, 6.07) is 0.389. The largest absolute Gasteiger partial charge is 0.449 e. The molecule has 1 fully saturated rings. The highest BCUT2D eigenvalue weighted by molar-refractivity contribution is 5.67. The lowest BCUT2D eigenvalue weighted by atomic mass is 10.0. The summed E-state index contributed by atoms with van der Waals surface area (Å²) in [7, 11) is 0. The molecule has 1 amide bonds. The summed E-state index contributed by atoms with van der Waals surface area (Å²) in [4.78, 5) is 13.6. The van der Waals surface area contributed by atoms with E-state index in [1.807, 2.05) is 18.7 Å². The highest BCUT2D eigenvalue weighted by atomic mass is 16.6. The van der Waals surface area contributed by atoms with Gasteiger partial charge in [-0.1, -0.05) is 27.7 Å². The molecule has 0 aromatic heterocycles. The number of nitrogens with zero attached hydrogens (tertiary/aromatic N) is 1. The van der Waals surface area contributed by atoms with Gasteiger partial charge in [0.25, 0.3) is 0 Å². The topological polar surface area (TPSA) is 41.6 Å². The number of hydrogen-bond donors (Lipinski definition) is 1. The van der Waals surface area contributed by atoms with Crippen LogP contribution < -0.4 is 5.32 Å². The maximum absolute atomic E-state index is 11.7. The number of rotatable bonds is 3. The van der Waals surface area contributed by atoms with Gasteiger partial charge in [0.15, 0.2) is 0 Å². The molecule has 1 aliphatic heterocycles. The maximum Gasteiger partial charge on any atom is 0.409 e. The molecule has 0 aliphatic carbocycles. The molecule has 1 heterocycles. The first-order valence-electron chi connectivity index (χ1n) is 6.15. The first-order valence-corrected chi connectivity index (χ1v) is 6.15. The Morgan fingerprint density at radius 2 is 2.12 bits per heavy atom. The van der Waals surface area contributed by atoms with Gasteiger partial charge in [-0.05, 0) is 11.8 Å². The van der Waals surface area contributed by atoms with Crippen molar-refractivity contribution in [2.75, 3.05) is 26.2 Å². The molecule has 4 heteroatoms. The van der Waals surface area contributed by atoms with Crippen LogP contribution in [-0.2, 0) is 4.74 Å². The van der Waals surface area contributed by atoms with Crippen LogP contribution in [0.3, 0.4) is 0 Å². The van der Waals surface area contributed by atoms with Crippen molar-refractivity contribution in [3.63, 3.8) is 0 Å². The van der Waals surface area contributed by atoms with Crippen molar-refractivity contribution >= 4 is 6.09 Å². The summed E-state index contributed by atoms with van der Waals surface area (Å²) in [6.07, 6.45) is -0.166. The van der Waals surface area contributed by atoms with Crippen LogP contribution in [0.5, 0.6) is 0 Å². The van der Waals surface area contributed by atoms with Crippen LogP contribution >= 0.6 is 0 Å². The van der Waals surface area contributed by atoms with E-state index < -0.39 is 0 Å². The maximum atomic E-state index is 11.7. The molecule has 0 spiro atoms. The number of carbonyl (C=O) groups excluding carboxylic acids is 1. The molecule has 1 unspecified atom stereocenters. The average molecular weight is 228 g/mol. The molecular formula is C12H24N2O2. The van der Waals surface area contributed by atoms with Gasteiger partial charge in [-0.3, -0.25) is 0 Å². The zero-order valence-corrected chi connectivity index (χ0v) is 10.8. The minimum Gasteiger partial charge on any atom is -0.449 e. The smallest absolute Gasteiger partial charge is 0.409 e. The van der Waals surface area contributed by atoms with E-state index in [-0.39, 0.29) is 6.09 Å². The van der Waals surface area contributed by atoms with Gasteiger partial charge in [0.1, 0.15) is 0 Å². The lowest BCUT2D eigenvalue weighted by Gasteiger charge is -2.35. The van der Waals surface area contributed by atoms with Crippen molar-refractivity contribution in [2.45, 2.75) is 33.7 Å². The van der Waals surface area contributed by atoms with Crippen LogP contribution in [0, 0.1) is 11.8 Å². The van der Waals surface area contributed by atoms with Gasteiger partial charge in [-0.15, -0.1) is 0 Å².